The lowest BCUT2D eigenvalue weighted by atomic mass is 10.0. The summed E-state index contributed by atoms with van der Waals surface area (Å²) in [6.07, 6.45) is 6.07. The number of imidazole rings is 1. The first-order valence-electron chi connectivity index (χ1n) is 13.2. The summed E-state index contributed by atoms with van der Waals surface area (Å²) in [5, 5.41) is 6.62. The number of hydrogen-bond donors (Lipinski definition) is 1. The Kier molecular flexibility index (Phi) is 5.76. The summed E-state index contributed by atoms with van der Waals surface area (Å²) in [5.74, 6) is 0.893. The second-order valence-electron chi connectivity index (χ2n) is 10.1. The Hall–Kier alpha value is -3.93. The molecule has 0 unspecified atom stereocenters. The van der Waals surface area contributed by atoms with E-state index in [9.17, 15) is 0 Å². The first kappa shape index (κ1) is 23.2. The predicted molar refractivity (Wildman–Crippen MR) is 156 cm³/mol. The molecule has 0 atom stereocenters. The number of rotatable bonds is 4. The van der Waals surface area contributed by atoms with Crippen LogP contribution in [0, 0.1) is 6.92 Å². The molecule has 4 heterocycles. The Bertz CT molecular complexity index is 1780. The largest absolute Gasteiger partial charge is 0.317 e. The minimum Gasteiger partial charge on any atom is -0.317 e. The van der Waals surface area contributed by atoms with E-state index < -0.39 is 0 Å². The first-order chi connectivity index (χ1) is 18.7. The van der Waals surface area contributed by atoms with Gasteiger partial charge in [-0.3, -0.25) is 0 Å². The smallest absolute Gasteiger partial charge is 0.161 e. The van der Waals surface area contributed by atoms with Crippen molar-refractivity contribution >= 4 is 33.5 Å². The maximum atomic E-state index is 7.14. The molecule has 0 aliphatic carbocycles. The summed E-state index contributed by atoms with van der Waals surface area (Å²) in [4.78, 5) is 10.2. The summed E-state index contributed by atoms with van der Waals surface area (Å²) < 4.78 is 4.40. The molecule has 38 heavy (non-hydrogen) atoms. The summed E-state index contributed by atoms with van der Waals surface area (Å²) >= 11 is 7.14. The number of nitrogens with zero attached hydrogens (tertiary/aromatic N) is 4. The van der Waals surface area contributed by atoms with Crippen molar-refractivity contribution in [2.75, 3.05) is 13.1 Å². The quantitative estimate of drug-likeness (QED) is 0.262. The van der Waals surface area contributed by atoms with Crippen LogP contribution in [0.15, 0.2) is 91.3 Å². The zero-order chi connectivity index (χ0) is 25.6. The van der Waals surface area contributed by atoms with Crippen LogP contribution in [0.3, 0.4) is 0 Å². The van der Waals surface area contributed by atoms with Crippen molar-refractivity contribution in [1.29, 1.82) is 0 Å². The fourth-order valence-electron chi connectivity index (χ4n) is 5.81. The maximum Gasteiger partial charge on any atom is 0.161 e. The highest BCUT2D eigenvalue weighted by molar-refractivity contribution is 6.32. The monoisotopic (exact) mass is 517 g/mol. The number of pyridine rings is 1. The van der Waals surface area contributed by atoms with E-state index in [4.69, 9.17) is 21.6 Å². The number of halogens is 1. The van der Waals surface area contributed by atoms with E-state index in [1.807, 2.05) is 24.4 Å². The van der Waals surface area contributed by atoms with Crippen LogP contribution in [0.25, 0.3) is 50.1 Å². The Morgan fingerprint density at radius 3 is 2.47 bits per heavy atom. The number of aryl methyl sites for hydroxylation is 1. The van der Waals surface area contributed by atoms with Gasteiger partial charge in [-0.05, 0) is 79.0 Å². The molecule has 0 bridgehead atoms. The first-order valence-corrected chi connectivity index (χ1v) is 13.6. The Morgan fingerprint density at radius 1 is 0.895 bits per heavy atom. The van der Waals surface area contributed by atoms with E-state index in [-0.39, 0.29) is 0 Å². The van der Waals surface area contributed by atoms with Crippen LogP contribution in [0.4, 0.5) is 0 Å². The highest BCUT2D eigenvalue weighted by atomic mass is 35.5. The molecule has 1 N–H and O–H groups in total. The molecule has 6 heteroatoms. The number of hydrogen-bond acceptors (Lipinski definition) is 3. The van der Waals surface area contributed by atoms with Gasteiger partial charge in [-0.15, -0.1) is 0 Å². The van der Waals surface area contributed by atoms with Crippen LogP contribution in [0.2, 0.25) is 5.15 Å². The highest BCUT2D eigenvalue weighted by Crippen LogP contribution is 2.40. The molecule has 3 aromatic heterocycles. The van der Waals surface area contributed by atoms with Gasteiger partial charge in [0, 0.05) is 29.7 Å². The molecule has 6 aromatic rings. The van der Waals surface area contributed by atoms with Gasteiger partial charge >= 0.3 is 0 Å². The molecule has 5 nitrogen and oxygen atoms in total. The standard InChI is InChI=1S/C32H28ClN5/c1-21-20-37(25-9-3-2-4-10-25)30(33)28(21)31-36-29-27(24-12-11-22-7-5-6-8-23(22)19-24)15-18-35-32(29)38(31)26-13-16-34-17-14-26/h2-12,15,18-20,26,34H,13-14,16-17H2,1H3. The van der Waals surface area contributed by atoms with Gasteiger partial charge in [0.05, 0.1) is 5.56 Å². The van der Waals surface area contributed by atoms with E-state index in [0.717, 1.165) is 70.9 Å². The number of fused-ring (bicyclic) bond motifs is 2. The lowest BCUT2D eigenvalue weighted by Crippen LogP contribution is -2.29. The third-order valence-corrected chi connectivity index (χ3v) is 8.08. The Morgan fingerprint density at radius 2 is 1.66 bits per heavy atom. The molecule has 0 saturated carbocycles. The van der Waals surface area contributed by atoms with Crippen LogP contribution < -0.4 is 5.32 Å². The van der Waals surface area contributed by atoms with Crippen LogP contribution in [-0.2, 0) is 0 Å². The summed E-state index contributed by atoms with van der Waals surface area (Å²) in [5.41, 5.74) is 7.16. The fourth-order valence-corrected chi connectivity index (χ4v) is 6.19. The molecule has 0 spiro atoms. The van der Waals surface area contributed by atoms with Crippen molar-refractivity contribution in [1.82, 2.24) is 24.4 Å². The molecule has 1 fully saturated rings. The fraction of sp³-hybridized carbons (Fsp3) is 0.188. The lowest BCUT2D eigenvalue weighted by Gasteiger charge is -2.26. The van der Waals surface area contributed by atoms with Gasteiger partial charge in [0.1, 0.15) is 16.5 Å². The number of nitrogens with one attached hydrogen (secondary N) is 1. The zero-order valence-electron chi connectivity index (χ0n) is 21.2. The minimum atomic E-state index is 0.297. The minimum absolute atomic E-state index is 0.297. The molecule has 1 aliphatic rings. The third kappa shape index (κ3) is 3.82. The van der Waals surface area contributed by atoms with Crippen molar-refractivity contribution < 1.29 is 0 Å². The zero-order valence-corrected chi connectivity index (χ0v) is 22.0. The van der Waals surface area contributed by atoms with Crippen LogP contribution in [0.5, 0.6) is 0 Å². The Labute approximate surface area is 226 Å². The molecule has 7 rings (SSSR count). The Balaban J connectivity index is 1.47. The van der Waals surface area contributed by atoms with E-state index in [1.165, 1.54) is 10.8 Å². The molecule has 0 amide bonds. The van der Waals surface area contributed by atoms with Gasteiger partial charge in [-0.2, -0.15) is 0 Å². The molecule has 1 aliphatic heterocycles. The van der Waals surface area contributed by atoms with E-state index >= 15 is 0 Å². The van der Waals surface area contributed by atoms with E-state index in [1.54, 1.807) is 0 Å². The predicted octanol–water partition coefficient (Wildman–Crippen LogP) is 7.60. The SMILES string of the molecule is Cc1cn(-c2ccccc2)c(Cl)c1-c1nc2c(-c3ccc4ccccc4c3)ccnc2n1C1CCNCC1. The second-order valence-corrected chi connectivity index (χ2v) is 10.4. The maximum absolute atomic E-state index is 7.14. The number of para-hydroxylation sites is 1. The number of aromatic nitrogens is 4. The van der Waals surface area contributed by atoms with Crippen LogP contribution >= 0.6 is 11.6 Å². The van der Waals surface area contributed by atoms with Gasteiger partial charge in [-0.1, -0.05) is 66.2 Å². The van der Waals surface area contributed by atoms with Gasteiger partial charge in [0.25, 0.3) is 0 Å². The van der Waals surface area contributed by atoms with Crippen molar-refractivity contribution in [3.63, 3.8) is 0 Å². The number of piperidine rings is 1. The van der Waals surface area contributed by atoms with Crippen LogP contribution in [0.1, 0.15) is 24.4 Å². The van der Waals surface area contributed by atoms with Crippen LogP contribution in [-0.4, -0.2) is 32.2 Å². The second kappa shape index (κ2) is 9.43. The molecular formula is C32H28ClN5. The highest BCUT2D eigenvalue weighted by Gasteiger charge is 2.28. The van der Waals surface area contributed by atoms with Gasteiger partial charge < -0.3 is 14.5 Å². The van der Waals surface area contributed by atoms with E-state index in [0.29, 0.717) is 11.2 Å². The van der Waals surface area contributed by atoms with Crippen molar-refractivity contribution in [3.05, 3.63) is 102 Å². The van der Waals surface area contributed by atoms with Crippen molar-refractivity contribution in [2.24, 2.45) is 0 Å². The summed E-state index contributed by atoms with van der Waals surface area (Å²) in [6, 6.07) is 27.7. The topological polar surface area (TPSA) is 47.7 Å². The van der Waals surface area contributed by atoms with Gasteiger partial charge in [-0.25, -0.2) is 9.97 Å². The average Bonchev–Trinajstić information content (AvgIpc) is 3.49. The molecule has 1 saturated heterocycles. The summed E-state index contributed by atoms with van der Waals surface area (Å²) in [6.45, 7) is 4.07. The number of benzene rings is 3. The third-order valence-electron chi connectivity index (χ3n) is 7.71. The molecule has 3 aromatic carbocycles. The summed E-state index contributed by atoms with van der Waals surface area (Å²) in [7, 11) is 0. The van der Waals surface area contributed by atoms with Gasteiger partial charge in [0.2, 0.25) is 0 Å². The van der Waals surface area contributed by atoms with Gasteiger partial charge in [0.15, 0.2) is 5.65 Å². The lowest BCUT2D eigenvalue weighted by molar-refractivity contribution is 0.376. The van der Waals surface area contributed by atoms with E-state index in [2.05, 4.69) is 88.2 Å². The van der Waals surface area contributed by atoms with Crippen molar-refractivity contribution in [2.45, 2.75) is 25.8 Å². The molecule has 0 radical (unpaired) electrons. The molecular weight excluding hydrogens is 490 g/mol. The average molecular weight is 518 g/mol. The normalized spacial score (nSPS) is 14.5. The van der Waals surface area contributed by atoms with Crippen molar-refractivity contribution in [3.8, 4) is 28.2 Å². The molecule has 188 valence electrons.